The molecule has 9 nitrogen and oxygen atoms in total. The van der Waals surface area contributed by atoms with Gasteiger partial charge in [0, 0.05) is 11.0 Å². The summed E-state index contributed by atoms with van der Waals surface area (Å²) >= 11 is 0. The lowest BCUT2D eigenvalue weighted by atomic mass is 10.5. The molecule has 0 saturated carbocycles. The van der Waals surface area contributed by atoms with Crippen LogP contribution in [0.1, 0.15) is 13.3 Å². The van der Waals surface area contributed by atoms with Gasteiger partial charge in [-0.2, -0.15) is 0 Å². The molecule has 0 rings (SSSR count). The Kier molecular flexibility index (Phi) is 5.23. The summed E-state index contributed by atoms with van der Waals surface area (Å²) in [4.78, 5) is 36.0. The lowest BCUT2D eigenvalue weighted by molar-refractivity contribution is -0.134. The van der Waals surface area contributed by atoms with Gasteiger partial charge in [0.05, 0.1) is 0 Å². The molecule has 0 saturated heterocycles. The van der Waals surface area contributed by atoms with Crippen LogP contribution in [-0.4, -0.2) is 20.6 Å². The molecular formula is C3H8O9P3+. The number of carbonyl (C=O) groups is 1. The summed E-state index contributed by atoms with van der Waals surface area (Å²) in [5.74, 6) is -1.22. The molecule has 2 atom stereocenters. The van der Waals surface area contributed by atoms with Crippen molar-refractivity contribution in [1.82, 2.24) is 0 Å². The predicted molar refractivity (Wildman–Crippen MR) is 46.9 cm³/mol. The van der Waals surface area contributed by atoms with Crippen molar-refractivity contribution in [2.45, 2.75) is 13.3 Å². The smallest absolute Gasteiger partial charge is 0.381 e. The fourth-order valence-corrected chi connectivity index (χ4v) is 4.12. The standard InChI is InChI=1S/C3H7O9P3/c1-2-3(4)11-15(10,12-13(5)6)14(7,8)9/h2H2,1H3,(H2-,5,6,7,8,9)/p+1. The molecule has 0 heterocycles. The molecule has 0 aromatic heterocycles. The van der Waals surface area contributed by atoms with Crippen molar-refractivity contribution in [3.8, 4) is 0 Å². The molecule has 0 amide bonds. The van der Waals surface area contributed by atoms with Gasteiger partial charge in [0.1, 0.15) is 0 Å². The molecule has 0 aliphatic rings. The molecule has 88 valence electrons. The highest BCUT2D eigenvalue weighted by Crippen LogP contribution is 2.80. The molecule has 2 unspecified atom stereocenters. The Labute approximate surface area is 84.9 Å². The number of hydrogen-bond acceptors (Lipinski definition) is 6. The minimum Gasteiger partial charge on any atom is -0.381 e. The number of hydrogen-bond donors (Lipinski definition) is 3. The van der Waals surface area contributed by atoms with Gasteiger partial charge in [-0.05, 0) is 4.31 Å². The Balaban J connectivity index is 5.05. The summed E-state index contributed by atoms with van der Waals surface area (Å²) in [6, 6.07) is 0. The fraction of sp³-hybridized carbons (Fsp3) is 0.667. The second-order valence-electron chi connectivity index (χ2n) is 2.12. The van der Waals surface area contributed by atoms with Gasteiger partial charge in [0.15, 0.2) is 0 Å². The molecule has 0 radical (unpaired) electrons. The van der Waals surface area contributed by atoms with Gasteiger partial charge >= 0.3 is 28.8 Å². The van der Waals surface area contributed by atoms with Gasteiger partial charge in [-0.15, -0.1) is 4.89 Å². The van der Waals surface area contributed by atoms with Crippen LogP contribution in [0.5, 0.6) is 0 Å². The monoisotopic (exact) mass is 281 g/mol. The third kappa shape index (κ3) is 4.49. The van der Waals surface area contributed by atoms with Crippen molar-refractivity contribution < 1.29 is 42.0 Å². The summed E-state index contributed by atoms with van der Waals surface area (Å²) in [5, 5.41) is 0. The van der Waals surface area contributed by atoms with Crippen LogP contribution in [0.2, 0.25) is 0 Å². The number of carbonyl (C=O) groups excluding carboxylic acids is 1. The first-order valence-corrected chi connectivity index (χ1v) is 8.36. The van der Waals surface area contributed by atoms with E-state index in [2.05, 4.69) is 8.83 Å². The Hall–Kier alpha value is -0.130. The van der Waals surface area contributed by atoms with Gasteiger partial charge < -0.3 is 14.3 Å². The highest BCUT2D eigenvalue weighted by Gasteiger charge is 2.55. The minimum absolute atomic E-state index is 0.324. The van der Waals surface area contributed by atoms with E-state index in [4.69, 9.17) is 14.7 Å². The van der Waals surface area contributed by atoms with E-state index in [9.17, 15) is 18.5 Å². The number of rotatable bonds is 5. The molecule has 0 aromatic rings. The van der Waals surface area contributed by atoms with Crippen LogP contribution >= 0.6 is 22.8 Å². The second-order valence-corrected chi connectivity index (χ2v) is 8.43. The molecule has 0 fully saturated rings. The van der Waals surface area contributed by atoms with E-state index in [1.807, 2.05) is 0 Å². The first-order chi connectivity index (χ1) is 6.62. The SMILES string of the molecule is CCC(=O)OP(=O)(O[P+](=O)O)P(=O)(O)O. The predicted octanol–water partition coefficient (Wildman–Crippen LogP) is 0.892. The van der Waals surface area contributed by atoms with Crippen LogP contribution in [0.15, 0.2) is 0 Å². The van der Waals surface area contributed by atoms with Crippen molar-refractivity contribution in [3.63, 3.8) is 0 Å². The van der Waals surface area contributed by atoms with Gasteiger partial charge in [0.2, 0.25) is 0 Å². The third-order valence-corrected chi connectivity index (χ3v) is 6.27. The third-order valence-electron chi connectivity index (χ3n) is 0.998. The van der Waals surface area contributed by atoms with Gasteiger partial charge in [-0.3, -0.25) is 4.79 Å². The van der Waals surface area contributed by atoms with Gasteiger partial charge in [0.25, 0.3) is 0 Å². The topological polar surface area (TPSA) is 147 Å². The van der Waals surface area contributed by atoms with Crippen LogP contribution in [0.25, 0.3) is 0 Å². The second kappa shape index (κ2) is 5.27. The molecule has 0 aromatic carbocycles. The lowest BCUT2D eigenvalue weighted by Crippen LogP contribution is -2.01. The van der Waals surface area contributed by atoms with Crippen LogP contribution in [0.3, 0.4) is 0 Å². The molecule has 15 heavy (non-hydrogen) atoms. The summed E-state index contributed by atoms with van der Waals surface area (Å²) in [7, 11) is -14.3. The lowest BCUT2D eigenvalue weighted by Gasteiger charge is -2.11. The van der Waals surface area contributed by atoms with Crippen molar-refractivity contribution in [2.75, 3.05) is 0 Å². The van der Waals surface area contributed by atoms with E-state index < -0.39 is 28.8 Å². The summed E-state index contributed by atoms with van der Waals surface area (Å²) in [6.07, 6.45) is -0.324. The summed E-state index contributed by atoms with van der Waals surface area (Å²) in [5.41, 5.74) is 0. The van der Waals surface area contributed by atoms with Crippen LogP contribution in [0.4, 0.5) is 0 Å². The van der Waals surface area contributed by atoms with Crippen LogP contribution in [-0.2, 0) is 27.3 Å². The van der Waals surface area contributed by atoms with Gasteiger partial charge in [-0.25, -0.2) is 9.13 Å². The van der Waals surface area contributed by atoms with E-state index in [0.717, 1.165) is 0 Å². The van der Waals surface area contributed by atoms with Gasteiger partial charge in [-0.1, -0.05) is 6.92 Å². The molecule has 12 heteroatoms. The highest BCUT2D eigenvalue weighted by molar-refractivity contribution is 8.27. The molecular weight excluding hydrogens is 273 g/mol. The molecule has 0 bridgehead atoms. The van der Waals surface area contributed by atoms with Crippen LogP contribution < -0.4 is 0 Å². The Bertz CT molecular complexity index is 354. The zero-order valence-electron chi connectivity index (χ0n) is 7.34. The minimum atomic E-state index is -5.46. The van der Waals surface area contributed by atoms with Crippen molar-refractivity contribution >= 4 is 28.8 Å². The normalized spacial score (nSPS) is 16.7. The zero-order chi connectivity index (χ0) is 12.3. The summed E-state index contributed by atoms with van der Waals surface area (Å²) < 4.78 is 39.5. The summed E-state index contributed by atoms with van der Waals surface area (Å²) in [6.45, 7) is 1.27. The Morgan fingerprint density at radius 3 is 2.13 bits per heavy atom. The molecule has 0 aliphatic heterocycles. The fourth-order valence-electron chi connectivity index (χ4n) is 0.399. The maximum Gasteiger partial charge on any atom is 0.705 e. The van der Waals surface area contributed by atoms with E-state index in [0.29, 0.717) is 0 Å². The first-order valence-electron chi connectivity index (χ1n) is 3.36. The highest BCUT2D eigenvalue weighted by atomic mass is 32.1. The quantitative estimate of drug-likeness (QED) is 0.624. The molecule has 3 N–H and O–H groups in total. The van der Waals surface area contributed by atoms with Crippen molar-refractivity contribution in [3.05, 3.63) is 0 Å². The Morgan fingerprint density at radius 1 is 1.40 bits per heavy atom. The maximum atomic E-state index is 11.2. The zero-order valence-corrected chi connectivity index (χ0v) is 10.0. The van der Waals surface area contributed by atoms with E-state index in [-0.39, 0.29) is 6.42 Å². The van der Waals surface area contributed by atoms with Crippen molar-refractivity contribution in [2.24, 2.45) is 0 Å². The van der Waals surface area contributed by atoms with E-state index in [1.165, 1.54) is 6.92 Å². The molecule has 0 spiro atoms. The average Bonchev–Trinajstić information content (AvgIpc) is 2.00. The van der Waals surface area contributed by atoms with E-state index >= 15 is 0 Å². The Morgan fingerprint density at radius 2 is 1.87 bits per heavy atom. The average molecular weight is 281 g/mol. The largest absolute Gasteiger partial charge is 0.705 e. The molecule has 0 aliphatic carbocycles. The van der Waals surface area contributed by atoms with Crippen LogP contribution in [0, 0.1) is 0 Å². The first kappa shape index (κ1) is 14.9. The van der Waals surface area contributed by atoms with Crippen molar-refractivity contribution in [1.29, 1.82) is 0 Å². The maximum absolute atomic E-state index is 11.2. The van der Waals surface area contributed by atoms with E-state index in [1.54, 1.807) is 0 Å².